The molecular formula is C13H9F2N3S. The third-order valence-electron chi connectivity index (χ3n) is 2.61. The van der Waals surface area contributed by atoms with Crippen molar-refractivity contribution in [3.63, 3.8) is 0 Å². The van der Waals surface area contributed by atoms with Gasteiger partial charge >= 0.3 is 0 Å². The highest BCUT2D eigenvalue weighted by atomic mass is 32.2. The van der Waals surface area contributed by atoms with Crippen LogP contribution in [-0.4, -0.2) is 10.2 Å². The molecule has 6 heteroatoms. The predicted molar refractivity (Wildman–Crippen MR) is 71.2 cm³/mol. The molecule has 0 aliphatic carbocycles. The Morgan fingerprint density at radius 2 is 2.11 bits per heavy atom. The number of hydrogen-bond acceptors (Lipinski definition) is 4. The van der Waals surface area contributed by atoms with Gasteiger partial charge in [-0.05, 0) is 30.0 Å². The van der Waals surface area contributed by atoms with E-state index < -0.39 is 11.6 Å². The van der Waals surface area contributed by atoms with Crippen LogP contribution in [-0.2, 0) is 6.54 Å². The first-order valence-corrected chi connectivity index (χ1v) is 6.42. The van der Waals surface area contributed by atoms with Crippen LogP contribution in [0.25, 0.3) is 0 Å². The SMILES string of the molecule is Fc1ccc(F)c(NC2=NCc3cccnc3S2)c1. The maximum Gasteiger partial charge on any atom is 0.167 e. The number of nitrogens with one attached hydrogen (secondary N) is 1. The molecule has 0 radical (unpaired) electrons. The van der Waals surface area contributed by atoms with Crippen molar-refractivity contribution in [2.24, 2.45) is 4.99 Å². The van der Waals surface area contributed by atoms with E-state index in [-0.39, 0.29) is 5.69 Å². The van der Waals surface area contributed by atoms with Gasteiger partial charge in [0.1, 0.15) is 16.7 Å². The third kappa shape index (κ3) is 2.58. The largest absolute Gasteiger partial charge is 0.332 e. The molecule has 19 heavy (non-hydrogen) atoms. The average Bonchev–Trinajstić information content (AvgIpc) is 2.43. The Kier molecular flexibility index (Phi) is 3.16. The van der Waals surface area contributed by atoms with Gasteiger partial charge in [-0.3, -0.25) is 4.99 Å². The standard InChI is InChI=1S/C13H9F2N3S/c14-9-3-4-10(15)11(6-9)18-13-17-7-8-2-1-5-16-12(8)19-13/h1-6H,7H2,(H,17,18). The lowest BCUT2D eigenvalue weighted by molar-refractivity contribution is 0.604. The summed E-state index contributed by atoms with van der Waals surface area (Å²) in [5, 5.41) is 4.13. The number of aromatic nitrogens is 1. The number of nitrogens with zero attached hydrogens (tertiary/aromatic N) is 2. The quantitative estimate of drug-likeness (QED) is 0.867. The molecule has 2 heterocycles. The van der Waals surface area contributed by atoms with Crippen LogP contribution in [0, 0.1) is 11.6 Å². The highest BCUT2D eigenvalue weighted by Crippen LogP contribution is 2.28. The normalized spacial score (nSPS) is 13.7. The number of halogens is 2. The summed E-state index contributed by atoms with van der Waals surface area (Å²) in [7, 11) is 0. The Hall–Kier alpha value is -1.95. The molecule has 0 unspecified atom stereocenters. The summed E-state index contributed by atoms with van der Waals surface area (Å²) >= 11 is 1.31. The number of anilines is 1. The van der Waals surface area contributed by atoms with Gasteiger partial charge in [-0.25, -0.2) is 13.8 Å². The van der Waals surface area contributed by atoms with Crippen molar-refractivity contribution in [3.8, 4) is 0 Å². The van der Waals surface area contributed by atoms with Crippen molar-refractivity contribution in [2.45, 2.75) is 11.6 Å². The van der Waals surface area contributed by atoms with Crippen molar-refractivity contribution in [2.75, 3.05) is 5.32 Å². The number of fused-ring (bicyclic) bond motifs is 1. The molecule has 1 aliphatic heterocycles. The lowest BCUT2D eigenvalue weighted by Crippen LogP contribution is -2.13. The zero-order valence-electron chi connectivity index (χ0n) is 9.73. The fourth-order valence-electron chi connectivity index (χ4n) is 1.69. The van der Waals surface area contributed by atoms with Crippen molar-refractivity contribution in [1.82, 2.24) is 4.98 Å². The summed E-state index contributed by atoms with van der Waals surface area (Å²) in [6, 6.07) is 7.05. The molecule has 0 amide bonds. The molecule has 0 fully saturated rings. The Bertz CT molecular complexity index is 658. The van der Waals surface area contributed by atoms with Crippen molar-refractivity contribution in [1.29, 1.82) is 0 Å². The minimum absolute atomic E-state index is 0.0747. The molecule has 2 aromatic rings. The fraction of sp³-hybridized carbons (Fsp3) is 0.0769. The number of rotatable bonds is 1. The molecule has 1 aromatic carbocycles. The second-order valence-corrected chi connectivity index (χ2v) is 4.92. The summed E-state index contributed by atoms with van der Waals surface area (Å²) in [5.74, 6) is -1.01. The van der Waals surface area contributed by atoms with Gasteiger partial charge in [-0.15, -0.1) is 0 Å². The molecule has 0 atom stereocenters. The summed E-state index contributed by atoms with van der Waals surface area (Å²) in [6.07, 6.45) is 1.69. The van der Waals surface area contributed by atoms with Gasteiger partial charge in [-0.2, -0.15) is 0 Å². The van der Waals surface area contributed by atoms with Crippen LogP contribution in [0.15, 0.2) is 46.5 Å². The van der Waals surface area contributed by atoms with Gasteiger partial charge in [0.25, 0.3) is 0 Å². The fourth-order valence-corrected chi connectivity index (χ4v) is 2.54. The van der Waals surface area contributed by atoms with Crippen LogP contribution >= 0.6 is 11.8 Å². The van der Waals surface area contributed by atoms with Gasteiger partial charge in [0.05, 0.1) is 12.2 Å². The predicted octanol–water partition coefficient (Wildman–Crippen LogP) is 3.43. The van der Waals surface area contributed by atoms with Gasteiger partial charge in [0.2, 0.25) is 0 Å². The number of pyridine rings is 1. The Labute approximate surface area is 112 Å². The van der Waals surface area contributed by atoms with E-state index in [1.165, 1.54) is 11.8 Å². The van der Waals surface area contributed by atoms with Crippen LogP contribution in [0.1, 0.15) is 5.56 Å². The first-order chi connectivity index (χ1) is 9.22. The zero-order valence-corrected chi connectivity index (χ0v) is 10.5. The number of benzene rings is 1. The lowest BCUT2D eigenvalue weighted by Gasteiger charge is -2.15. The topological polar surface area (TPSA) is 37.3 Å². The van der Waals surface area contributed by atoms with E-state index in [9.17, 15) is 8.78 Å². The smallest absolute Gasteiger partial charge is 0.167 e. The Morgan fingerprint density at radius 3 is 3.00 bits per heavy atom. The zero-order chi connectivity index (χ0) is 13.2. The number of hydrogen-bond donors (Lipinski definition) is 1. The minimum atomic E-state index is -0.517. The Morgan fingerprint density at radius 1 is 1.21 bits per heavy atom. The summed E-state index contributed by atoms with van der Waals surface area (Å²) in [6.45, 7) is 0.482. The van der Waals surface area contributed by atoms with Crippen LogP contribution in [0.2, 0.25) is 0 Å². The van der Waals surface area contributed by atoms with Gasteiger partial charge in [0.15, 0.2) is 5.17 Å². The number of aliphatic imine (C=N–C) groups is 1. The molecule has 0 bridgehead atoms. The molecule has 1 aromatic heterocycles. The molecule has 3 nitrogen and oxygen atoms in total. The maximum atomic E-state index is 13.5. The Balaban J connectivity index is 1.82. The second kappa shape index (κ2) is 4.97. The average molecular weight is 277 g/mol. The van der Waals surface area contributed by atoms with E-state index in [4.69, 9.17) is 0 Å². The van der Waals surface area contributed by atoms with E-state index >= 15 is 0 Å². The highest BCUT2D eigenvalue weighted by Gasteiger charge is 2.15. The first-order valence-electron chi connectivity index (χ1n) is 5.60. The first kappa shape index (κ1) is 12.1. The van der Waals surface area contributed by atoms with Crippen LogP contribution in [0.3, 0.4) is 0 Å². The lowest BCUT2D eigenvalue weighted by atomic mass is 10.3. The number of thioether (sulfide) groups is 1. The molecular weight excluding hydrogens is 268 g/mol. The number of amidine groups is 1. The molecule has 1 N–H and O–H groups in total. The summed E-state index contributed by atoms with van der Waals surface area (Å²) < 4.78 is 26.6. The van der Waals surface area contributed by atoms with Crippen LogP contribution in [0.4, 0.5) is 14.5 Å². The van der Waals surface area contributed by atoms with Gasteiger partial charge in [-0.1, -0.05) is 6.07 Å². The minimum Gasteiger partial charge on any atom is -0.332 e. The molecule has 3 rings (SSSR count). The molecule has 0 saturated heterocycles. The van der Waals surface area contributed by atoms with Crippen LogP contribution in [0.5, 0.6) is 0 Å². The van der Waals surface area contributed by atoms with Gasteiger partial charge < -0.3 is 5.32 Å². The summed E-state index contributed by atoms with van der Waals surface area (Å²) in [5.41, 5.74) is 1.10. The van der Waals surface area contributed by atoms with Crippen LogP contribution < -0.4 is 5.32 Å². The maximum absolute atomic E-state index is 13.5. The van der Waals surface area contributed by atoms with Crippen molar-refractivity contribution < 1.29 is 8.78 Å². The molecule has 0 saturated carbocycles. The molecule has 96 valence electrons. The van der Waals surface area contributed by atoms with E-state index in [0.717, 1.165) is 28.8 Å². The molecule has 1 aliphatic rings. The van der Waals surface area contributed by atoms with Crippen molar-refractivity contribution in [3.05, 3.63) is 53.7 Å². The summed E-state index contributed by atoms with van der Waals surface area (Å²) in [4.78, 5) is 8.50. The third-order valence-corrected chi connectivity index (χ3v) is 3.59. The van der Waals surface area contributed by atoms with E-state index in [1.807, 2.05) is 12.1 Å². The highest BCUT2D eigenvalue weighted by molar-refractivity contribution is 8.14. The molecule has 0 spiro atoms. The van der Waals surface area contributed by atoms with E-state index in [2.05, 4.69) is 15.3 Å². The van der Waals surface area contributed by atoms with E-state index in [1.54, 1.807) is 6.20 Å². The van der Waals surface area contributed by atoms with E-state index in [0.29, 0.717) is 11.7 Å². The van der Waals surface area contributed by atoms with Crippen molar-refractivity contribution >= 4 is 22.6 Å². The monoisotopic (exact) mass is 277 g/mol. The van der Waals surface area contributed by atoms with Gasteiger partial charge in [0, 0.05) is 17.8 Å². The second-order valence-electron chi connectivity index (χ2n) is 3.94.